The second-order valence-corrected chi connectivity index (χ2v) is 9.77. The number of para-hydroxylation sites is 2. The number of benzene rings is 3. The molecule has 0 spiro atoms. The van der Waals surface area contributed by atoms with E-state index in [0.717, 1.165) is 16.7 Å². The molecule has 5 aromatic rings. The van der Waals surface area contributed by atoms with E-state index in [1.54, 1.807) is 30.5 Å². The van der Waals surface area contributed by atoms with Crippen molar-refractivity contribution in [1.29, 1.82) is 0 Å². The molecule has 0 radical (unpaired) electrons. The Labute approximate surface area is 191 Å². The number of sulfone groups is 1. The lowest BCUT2D eigenvalue weighted by atomic mass is 10.2. The molecular formula is C25H21N5O2S. The Hall–Kier alpha value is -4.04. The van der Waals surface area contributed by atoms with Gasteiger partial charge in [0.15, 0.2) is 5.65 Å². The minimum Gasteiger partial charge on any atom is -0.382 e. The molecule has 2 N–H and O–H groups in total. The molecule has 0 amide bonds. The van der Waals surface area contributed by atoms with Crippen molar-refractivity contribution in [1.82, 2.24) is 14.6 Å². The molecule has 33 heavy (non-hydrogen) atoms. The molecule has 5 rings (SSSR count). The minimum absolute atomic E-state index is 0.0369. The van der Waals surface area contributed by atoms with Gasteiger partial charge in [0.2, 0.25) is 9.84 Å². The largest absolute Gasteiger partial charge is 0.382 e. The van der Waals surface area contributed by atoms with Crippen LogP contribution < -0.4 is 5.73 Å². The van der Waals surface area contributed by atoms with E-state index in [-0.39, 0.29) is 26.8 Å². The van der Waals surface area contributed by atoms with Crippen molar-refractivity contribution < 1.29 is 8.42 Å². The van der Waals surface area contributed by atoms with E-state index < -0.39 is 9.84 Å². The molecule has 8 heteroatoms. The number of rotatable bonds is 4. The minimum atomic E-state index is -3.98. The fraction of sp³-hybridized carbons (Fsp3) is 0.0800. The molecular weight excluding hydrogens is 434 g/mol. The first-order valence-corrected chi connectivity index (χ1v) is 11.8. The third kappa shape index (κ3) is 3.64. The third-order valence-electron chi connectivity index (χ3n) is 5.40. The summed E-state index contributed by atoms with van der Waals surface area (Å²) in [4.78, 5) is 9.33. The Bertz CT molecular complexity index is 1650. The number of fused-ring (bicyclic) bond motifs is 2. The van der Waals surface area contributed by atoms with Crippen molar-refractivity contribution in [2.24, 2.45) is 5.10 Å². The van der Waals surface area contributed by atoms with Crippen LogP contribution in [-0.2, 0) is 9.84 Å². The summed E-state index contributed by atoms with van der Waals surface area (Å²) < 4.78 is 28.7. The smallest absolute Gasteiger partial charge is 0.212 e. The second-order valence-electron chi connectivity index (χ2n) is 7.89. The van der Waals surface area contributed by atoms with Gasteiger partial charge in [-0.2, -0.15) is 9.78 Å². The standard InChI is InChI=1S/C25H21N5O2S/c1-16-10-12-18(13-11-16)15-27-30-24(26)23(33(31,32)19-7-5-6-17(2)14-19)22-25(30)29-21-9-4-3-8-20(21)28-22/h3-15H,26H2,1-2H3/b27-15-. The molecule has 0 aliphatic heterocycles. The van der Waals surface area contributed by atoms with E-state index in [2.05, 4.69) is 15.1 Å². The van der Waals surface area contributed by atoms with Crippen LogP contribution in [0.25, 0.3) is 22.2 Å². The van der Waals surface area contributed by atoms with Crippen molar-refractivity contribution in [2.45, 2.75) is 23.6 Å². The van der Waals surface area contributed by atoms with Gasteiger partial charge in [0.1, 0.15) is 16.2 Å². The van der Waals surface area contributed by atoms with Crippen LogP contribution in [0, 0.1) is 13.8 Å². The number of hydrogen-bond acceptors (Lipinski definition) is 6. The quantitative estimate of drug-likeness (QED) is 0.402. The van der Waals surface area contributed by atoms with Crippen molar-refractivity contribution in [3.05, 3.63) is 89.5 Å². The Morgan fingerprint density at radius 3 is 2.27 bits per heavy atom. The molecule has 164 valence electrons. The highest BCUT2D eigenvalue weighted by molar-refractivity contribution is 7.92. The average Bonchev–Trinajstić information content (AvgIpc) is 3.08. The summed E-state index contributed by atoms with van der Waals surface area (Å²) in [7, 11) is -3.98. The maximum absolute atomic E-state index is 13.7. The molecule has 0 bridgehead atoms. The molecule has 2 aromatic heterocycles. The first-order valence-electron chi connectivity index (χ1n) is 10.3. The second kappa shape index (κ2) is 7.83. The monoisotopic (exact) mass is 455 g/mol. The number of aromatic nitrogens is 3. The number of anilines is 1. The highest BCUT2D eigenvalue weighted by Gasteiger charge is 2.30. The molecule has 7 nitrogen and oxygen atoms in total. The summed E-state index contributed by atoms with van der Waals surface area (Å²) in [6.45, 7) is 3.84. The van der Waals surface area contributed by atoms with E-state index in [1.807, 2.05) is 62.4 Å². The number of nitrogens with zero attached hydrogens (tertiary/aromatic N) is 4. The van der Waals surface area contributed by atoms with Crippen LogP contribution in [0.3, 0.4) is 0 Å². The van der Waals surface area contributed by atoms with Gasteiger partial charge in [-0.3, -0.25) is 0 Å². The summed E-state index contributed by atoms with van der Waals surface area (Å²) in [6.07, 6.45) is 1.62. The van der Waals surface area contributed by atoms with Crippen LogP contribution in [0.5, 0.6) is 0 Å². The molecule has 0 saturated heterocycles. The maximum Gasteiger partial charge on any atom is 0.212 e. The van der Waals surface area contributed by atoms with Crippen molar-refractivity contribution in [3.8, 4) is 0 Å². The van der Waals surface area contributed by atoms with Gasteiger partial charge < -0.3 is 5.73 Å². The molecule has 0 atom stereocenters. The highest BCUT2D eigenvalue weighted by Crippen LogP contribution is 2.35. The molecule has 0 aliphatic rings. The zero-order chi connectivity index (χ0) is 23.2. The number of nitrogens with two attached hydrogens (primary N) is 1. The Kier molecular flexibility index (Phi) is 4.94. The summed E-state index contributed by atoms with van der Waals surface area (Å²) >= 11 is 0. The van der Waals surface area contributed by atoms with E-state index in [0.29, 0.717) is 11.0 Å². The predicted octanol–water partition coefficient (Wildman–Crippen LogP) is 4.50. The SMILES string of the molecule is Cc1ccc(/C=N\n2c(N)c(S(=O)(=O)c3cccc(C)c3)c3nc4ccccc4nc32)cc1. The maximum atomic E-state index is 13.7. The van der Waals surface area contributed by atoms with Gasteiger partial charge in [0.25, 0.3) is 0 Å². The Morgan fingerprint density at radius 1 is 0.879 bits per heavy atom. The molecule has 0 unspecified atom stereocenters. The molecule has 0 saturated carbocycles. The zero-order valence-corrected chi connectivity index (χ0v) is 18.9. The molecule has 3 aromatic carbocycles. The van der Waals surface area contributed by atoms with Crippen LogP contribution in [0.1, 0.15) is 16.7 Å². The van der Waals surface area contributed by atoms with Gasteiger partial charge in [-0.1, -0.05) is 54.1 Å². The Balaban J connectivity index is 1.79. The van der Waals surface area contributed by atoms with E-state index in [9.17, 15) is 8.42 Å². The molecule has 2 heterocycles. The lowest BCUT2D eigenvalue weighted by Crippen LogP contribution is -2.07. The predicted molar refractivity (Wildman–Crippen MR) is 130 cm³/mol. The normalized spacial score (nSPS) is 12.2. The first-order chi connectivity index (χ1) is 15.8. The fourth-order valence-corrected chi connectivity index (χ4v) is 5.27. The van der Waals surface area contributed by atoms with Crippen molar-refractivity contribution in [3.63, 3.8) is 0 Å². The summed E-state index contributed by atoms with van der Waals surface area (Å²) in [5.74, 6) is -0.0369. The van der Waals surface area contributed by atoms with Gasteiger partial charge in [-0.05, 0) is 49.2 Å². The topological polar surface area (TPSA) is 103 Å². The van der Waals surface area contributed by atoms with Crippen LogP contribution in [0.15, 0.2) is 87.7 Å². The van der Waals surface area contributed by atoms with Crippen LogP contribution in [-0.4, -0.2) is 29.3 Å². The summed E-state index contributed by atoms with van der Waals surface area (Å²) in [6, 6.07) is 21.8. The summed E-state index contributed by atoms with van der Waals surface area (Å²) in [5.41, 5.74) is 10.9. The fourth-order valence-electron chi connectivity index (χ4n) is 3.68. The molecule has 0 fully saturated rings. The van der Waals surface area contributed by atoms with E-state index in [4.69, 9.17) is 5.73 Å². The Morgan fingerprint density at radius 2 is 1.58 bits per heavy atom. The van der Waals surface area contributed by atoms with Crippen LogP contribution >= 0.6 is 0 Å². The van der Waals surface area contributed by atoms with Crippen LogP contribution in [0.2, 0.25) is 0 Å². The van der Waals surface area contributed by atoms with Gasteiger partial charge in [0, 0.05) is 0 Å². The van der Waals surface area contributed by atoms with E-state index in [1.165, 1.54) is 4.68 Å². The van der Waals surface area contributed by atoms with Gasteiger partial charge in [-0.25, -0.2) is 18.4 Å². The van der Waals surface area contributed by atoms with Gasteiger partial charge in [0.05, 0.1) is 22.1 Å². The summed E-state index contributed by atoms with van der Waals surface area (Å²) in [5, 5.41) is 4.49. The number of nitrogen functional groups attached to an aromatic ring is 1. The molecule has 0 aliphatic carbocycles. The van der Waals surface area contributed by atoms with Crippen LogP contribution in [0.4, 0.5) is 5.82 Å². The lowest BCUT2D eigenvalue weighted by Gasteiger charge is -2.06. The third-order valence-corrected chi connectivity index (χ3v) is 7.21. The van der Waals surface area contributed by atoms with Gasteiger partial charge >= 0.3 is 0 Å². The zero-order valence-electron chi connectivity index (χ0n) is 18.1. The number of hydrogen-bond donors (Lipinski definition) is 1. The van der Waals surface area contributed by atoms with Gasteiger partial charge in [-0.15, -0.1) is 0 Å². The van der Waals surface area contributed by atoms with Crippen molar-refractivity contribution >= 4 is 44.1 Å². The highest BCUT2D eigenvalue weighted by atomic mass is 32.2. The average molecular weight is 456 g/mol. The number of aryl methyl sites for hydroxylation is 2. The van der Waals surface area contributed by atoms with E-state index >= 15 is 0 Å². The first kappa shape index (κ1) is 20.8. The lowest BCUT2D eigenvalue weighted by molar-refractivity contribution is 0.597. The van der Waals surface area contributed by atoms with Crippen molar-refractivity contribution in [2.75, 3.05) is 5.73 Å².